The molecule has 0 aliphatic carbocycles. The highest BCUT2D eigenvalue weighted by atomic mass is 35.5. The highest BCUT2D eigenvalue weighted by Crippen LogP contribution is 2.26. The van der Waals surface area contributed by atoms with Gasteiger partial charge in [-0.25, -0.2) is 4.98 Å². The molecule has 6 heteroatoms. The zero-order valence-corrected chi connectivity index (χ0v) is 16.0. The van der Waals surface area contributed by atoms with Crippen LogP contribution in [0.25, 0.3) is 16.6 Å². The smallest absolute Gasteiger partial charge is 0.266 e. The molecule has 134 valence electrons. The van der Waals surface area contributed by atoms with Crippen LogP contribution in [0.3, 0.4) is 0 Å². The van der Waals surface area contributed by atoms with Crippen LogP contribution in [-0.2, 0) is 4.74 Å². The summed E-state index contributed by atoms with van der Waals surface area (Å²) in [6.07, 6.45) is 2.37. The van der Waals surface area contributed by atoms with Crippen molar-refractivity contribution in [1.82, 2.24) is 9.55 Å². The van der Waals surface area contributed by atoms with Gasteiger partial charge in [-0.2, -0.15) is 0 Å². The second-order valence-electron chi connectivity index (χ2n) is 6.48. The van der Waals surface area contributed by atoms with Crippen LogP contribution in [0.5, 0.6) is 0 Å². The highest BCUT2D eigenvalue weighted by molar-refractivity contribution is 7.99. The zero-order valence-electron chi connectivity index (χ0n) is 14.4. The number of hydrogen-bond acceptors (Lipinski definition) is 4. The lowest BCUT2D eigenvalue weighted by Gasteiger charge is -2.15. The fourth-order valence-corrected chi connectivity index (χ4v) is 4.42. The summed E-state index contributed by atoms with van der Waals surface area (Å²) in [4.78, 5) is 18.0. The minimum Gasteiger partial charge on any atom is -0.377 e. The molecule has 0 spiro atoms. The fourth-order valence-electron chi connectivity index (χ4n) is 3.17. The molecular weight excluding hydrogens is 368 g/mol. The second kappa shape index (κ2) is 7.43. The fraction of sp³-hybridized carbons (Fsp3) is 0.300. The predicted octanol–water partition coefficient (Wildman–Crippen LogP) is 4.62. The van der Waals surface area contributed by atoms with Crippen molar-refractivity contribution in [3.63, 3.8) is 0 Å². The van der Waals surface area contributed by atoms with Crippen molar-refractivity contribution < 1.29 is 4.74 Å². The van der Waals surface area contributed by atoms with E-state index in [0.29, 0.717) is 21.1 Å². The third-order valence-electron chi connectivity index (χ3n) is 4.48. The molecular formula is C20H19ClN2O2S. The maximum Gasteiger partial charge on any atom is 0.266 e. The van der Waals surface area contributed by atoms with E-state index in [1.165, 1.54) is 0 Å². The molecule has 1 atom stereocenters. The van der Waals surface area contributed by atoms with Gasteiger partial charge < -0.3 is 4.74 Å². The van der Waals surface area contributed by atoms with Gasteiger partial charge in [0.15, 0.2) is 5.16 Å². The average molecular weight is 387 g/mol. The number of aromatic nitrogens is 2. The normalized spacial score (nSPS) is 17.1. The summed E-state index contributed by atoms with van der Waals surface area (Å²) < 4.78 is 7.42. The van der Waals surface area contributed by atoms with E-state index in [1.54, 1.807) is 34.5 Å². The predicted molar refractivity (Wildman–Crippen MR) is 107 cm³/mol. The largest absolute Gasteiger partial charge is 0.377 e. The number of nitrogens with zero attached hydrogens (tertiary/aromatic N) is 2. The van der Waals surface area contributed by atoms with Crippen molar-refractivity contribution in [2.75, 3.05) is 12.4 Å². The van der Waals surface area contributed by atoms with E-state index >= 15 is 0 Å². The molecule has 26 heavy (non-hydrogen) atoms. The Labute approximate surface area is 161 Å². The van der Waals surface area contributed by atoms with Gasteiger partial charge >= 0.3 is 0 Å². The van der Waals surface area contributed by atoms with Gasteiger partial charge in [0.2, 0.25) is 0 Å². The Morgan fingerprint density at radius 1 is 1.31 bits per heavy atom. The zero-order chi connectivity index (χ0) is 18.1. The first kappa shape index (κ1) is 17.6. The van der Waals surface area contributed by atoms with Crippen LogP contribution in [0, 0.1) is 6.92 Å². The quantitative estimate of drug-likeness (QED) is 0.484. The highest BCUT2D eigenvalue weighted by Gasteiger charge is 2.19. The summed E-state index contributed by atoms with van der Waals surface area (Å²) >= 11 is 7.67. The Balaban J connectivity index is 1.85. The molecule has 0 bridgehead atoms. The van der Waals surface area contributed by atoms with Crippen molar-refractivity contribution in [1.29, 1.82) is 0 Å². The molecule has 1 aliphatic rings. The van der Waals surface area contributed by atoms with E-state index in [-0.39, 0.29) is 11.7 Å². The van der Waals surface area contributed by atoms with Gasteiger partial charge in [0, 0.05) is 17.4 Å². The molecule has 1 aliphatic heterocycles. The molecule has 0 radical (unpaired) electrons. The van der Waals surface area contributed by atoms with E-state index in [9.17, 15) is 4.79 Å². The van der Waals surface area contributed by atoms with Crippen LogP contribution in [0.1, 0.15) is 18.4 Å². The van der Waals surface area contributed by atoms with Crippen LogP contribution in [0.2, 0.25) is 5.02 Å². The van der Waals surface area contributed by atoms with Crippen molar-refractivity contribution in [3.8, 4) is 5.69 Å². The first-order chi connectivity index (χ1) is 12.6. The topological polar surface area (TPSA) is 44.1 Å². The lowest BCUT2D eigenvalue weighted by molar-refractivity contribution is 0.129. The number of rotatable bonds is 4. The van der Waals surface area contributed by atoms with E-state index in [1.807, 2.05) is 31.2 Å². The monoisotopic (exact) mass is 386 g/mol. The van der Waals surface area contributed by atoms with Gasteiger partial charge in [-0.05, 0) is 55.7 Å². The summed E-state index contributed by atoms with van der Waals surface area (Å²) in [5.41, 5.74) is 2.48. The van der Waals surface area contributed by atoms with E-state index in [4.69, 9.17) is 21.3 Å². The van der Waals surface area contributed by atoms with Gasteiger partial charge in [-0.1, -0.05) is 35.5 Å². The summed E-state index contributed by atoms with van der Waals surface area (Å²) in [5, 5.41) is 1.82. The summed E-state index contributed by atoms with van der Waals surface area (Å²) in [7, 11) is 0. The molecule has 0 N–H and O–H groups in total. The third-order valence-corrected chi connectivity index (χ3v) is 5.79. The molecule has 2 aromatic carbocycles. The van der Waals surface area contributed by atoms with Gasteiger partial charge in [0.1, 0.15) is 0 Å². The maximum absolute atomic E-state index is 13.2. The first-order valence-electron chi connectivity index (χ1n) is 8.65. The molecule has 0 saturated carbocycles. The lowest BCUT2D eigenvalue weighted by atomic mass is 10.2. The van der Waals surface area contributed by atoms with Crippen LogP contribution >= 0.6 is 23.4 Å². The number of fused-ring (bicyclic) bond motifs is 1. The van der Waals surface area contributed by atoms with Crippen LogP contribution in [0.4, 0.5) is 0 Å². The molecule has 1 saturated heterocycles. The summed E-state index contributed by atoms with van der Waals surface area (Å²) in [6, 6.07) is 13.1. The first-order valence-corrected chi connectivity index (χ1v) is 10.0. The molecule has 0 unspecified atom stereocenters. The van der Waals surface area contributed by atoms with Crippen molar-refractivity contribution in [3.05, 3.63) is 63.4 Å². The number of thioether (sulfide) groups is 1. The van der Waals surface area contributed by atoms with Gasteiger partial charge in [-0.15, -0.1) is 0 Å². The maximum atomic E-state index is 13.2. The molecule has 3 aromatic rings. The summed E-state index contributed by atoms with van der Waals surface area (Å²) in [5.74, 6) is 0.782. The van der Waals surface area contributed by atoms with Crippen LogP contribution < -0.4 is 5.56 Å². The standard InChI is InChI=1S/C20H19ClN2O2S/c1-13-4-2-5-15(10-13)23-19(24)17-8-7-14(21)11-18(17)22-20(23)26-12-16-6-3-9-25-16/h2,4-5,7-8,10-11,16H,3,6,9,12H2,1H3/t16-/m0/s1. The SMILES string of the molecule is Cc1cccc(-n2c(SC[C@@H]3CCCO3)nc3cc(Cl)ccc3c2=O)c1. The Morgan fingerprint density at radius 3 is 2.96 bits per heavy atom. The van der Waals surface area contributed by atoms with Gasteiger partial charge in [0.25, 0.3) is 5.56 Å². The number of aryl methyl sites for hydroxylation is 1. The van der Waals surface area contributed by atoms with Crippen molar-refractivity contribution in [2.45, 2.75) is 31.0 Å². The van der Waals surface area contributed by atoms with E-state index in [0.717, 1.165) is 36.5 Å². The van der Waals surface area contributed by atoms with E-state index in [2.05, 4.69) is 0 Å². The minimum atomic E-state index is -0.0768. The minimum absolute atomic E-state index is 0.0768. The molecule has 1 aromatic heterocycles. The third kappa shape index (κ3) is 3.52. The number of ether oxygens (including phenoxy) is 1. The Bertz CT molecular complexity index is 1010. The van der Waals surface area contributed by atoms with Gasteiger partial charge in [0.05, 0.1) is 22.7 Å². The van der Waals surface area contributed by atoms with Crippen LogP contribution in [0.15, 0.2) is 52.4 Å². The van der Waals surface area contributed by atoms with Crippen molar-refractivity contribution in [2.24, 2.45) is 0 Å². The van der Waals surface area contributed by atoms with E-state index < -0.39 is 0 Å². The Kier molecular flexibility index (Phi) is 5.02. The molecule has 4 nitrogen and oxygen atoms in total. The van der Waals surface area contributed by atoms with Crippen LogP contribution in [-0.4, -0.2) is 28.0 Å². The lowest BCUT2D eigenvalue weighted by Crippen LogP contribution is -2.22. The number of hydrogen-bond donors (Lipinski definition) is 0. The summed E-state index contributed by atoms with van der Waals surface area (Å²) in [6.45, 7) is 2.83. The Hall–Kier alpha value is -1.82. The molecule has 2 heterocycles. The molecule has 0 amide bonds. The second-order valence-corrected chi connectivity index (χ2v) is 7.91. The average Bonchev–Trinajstić information content (AvgIpc) is 3.13. The van der Waals surface area contributed by atoms with Crippen molar-refractivity contribution >= 4 is 34.3 Å². The molecule has 1 fully saturated rings. The Morgan fingerprint density at radius 2 is 2.19 bits per heavy atom. The molecule has 4 rings (SSSR count). The number of halogens is 1. The van der Waals surface area contributed by atoms with Gasteiger partial charge in [-0.3, -0.25) is 9.36 Å². The number of benzene rings is 2.